The van der Waals surface area contributed by atoms with E-state index in [4.69, 9.17) is 21.1 Å². The minimum atomic E-state index is -1.03. The summed E-state index contributed by atoms with van der Waals surface area (Å²) >= 11 is 6.02. The van der Waals surface area contributed by atoms with Crippen molar-refractivity contribution in [2.24, 2.45) is 0 Å². The standard InChI is InChI=1S/C19H21ClO4/c1-12(2)15-6-4-5-7-17(15)24-18(19(21)22)11-13-10-14(20)8-9-16(13)23-3/h4-10,12,18H,11H2,1-3H3,(H,21,22). The van der Waals surface area contributed by atoms with Gasteiger partial charge in [-0.3, -0.25) is 0 Å². The van der Waals surface area contributed by atoms with Gasteiger partial charge in [-0.05, 0) is 41.3 Å². The van der Waals surface area contributed by atoms with Gasteiger partial charge in [-0.2, -0.15) is 0 Å². The average Bonchev–Trinajstić information content (AvgIpc) is 2.54. The number of carboxylic acids is 1. The lowest BCUT2D eigenvalue weighted by Gasteiger charge is -2.20. The number of benzene rings is 2. The molecule has 24 heavy (non-hydrogen) atoms. The molecule has 0 bridgehead atoms. The van der Waals surface area contributed by atoms with Crippen molar-refractivity contribution in [1.29, 1.82) is 0 Å². The topological polar surface area (TPSA) is 55.8 Å². The predicted molar refractivity (Wildman–Crippen MR) is 94.3 cm³/mol. The van der Waals surface area contributed by atoms with Gasteiger partial charge in [0.2, 0.25) is 0 Å². The van der Waals surface area contributed by atoms with Crippen molar-refractivity contribution in [1.82, 2.24) is 0 Å². The van der Waals surface area contributed by atoms with Crippen LogP contribution in [0.2, 0.25) is 5.02 Å². The highest BCUT2D eigenvalue weighted by atomic mass is 35.5. The van der Waals surface area contributed by atoms with E-state index in [1.165, 1.54) is 7.11 Å². The molecule has 2 aromatic rings. The number of ether oxygens (including phenoxy) is 2. The lowest BCUT2D eigenvalue weighted by molar-refractivity contribution is -0.145. The molecule has 0 heterocycles. The molecule has 0 aliphatic rings. The van der Waals surface area contributed by atoms with Crippen LogP contribution >= 0.6 is 11.6 Å². The van der Waals surface area contributed by atoms with E-state index in [9.17, 15) is 9.90 Å². The molecule has 0 amide bonds. The Balaban J connectivity index is 2.29. The SMILES string of the molecule is COc1ccc(Cl)cc1CC(Oc1ccccc1C(C)C)C(=O)O. The molecule has 2 aromatic carbocycles. The molecule has 0 aromatic heterocycles. The van der Waals surface area contributed by atoms with Gasteiger partial charge in [-0.25, -0.2) is 4.79 Å². The summed E-state index contributed by atoms with van der Waals surface area (Å²) in [6.45, 7) is 4.08. The van der Waals surface area contributed by atoms with E-state index in [0.29, 0.717) is 22.1 Å². The van der Waals surface area contributed by atoms with Crippen molar-refractivity contribution in [2.45, 2.75) is 32.3 Å². The van der Waals surface area contributed by atoms with Gasteiger partial charge in [-0.1, -0.05) is 43.6 Å². The zero-order valence-electron chi connectivity index (χ0n) is 14.0. The van der Waals surface area contributed by atoms with Crippen LogP contribution in [0, 0.1) is 0 Å². The highest BCUT2D eigenvalue weighted by Crippen LogP contribution is 2.29. The van der Waals surface area contributed by atoms with Gasteiger partial charge in [0.1, 0.15) is 11.5 Å². The van der Waals surface area contributed by atoms with Crippen molar-refractivity contribution in [3.63, 3.8) is 0 Å². The summed E-state index contributed by atoms with van der Waals surface area (Å²) in [4.78, 5) is 11.7. The molecule has 4 nitrogen and oxygen atoms in total. The van der Waals surface area contributed by atoms with E-state index >= 15 is 0 Å². The van der Waals surface area contributed by atoms with E-state index in [2.05, 4.69) is 0 Å². The fourth-order valence-corrected chi connectivity index (χ4v) is 2.70. The quantitative estimate of drug-likeness (QED) is 0.797. The third-order valence-electron chi connectivity index (χ3n) is 3.73. The van der Waals surface area contributed by atoms with Gasteiger partial charge in [0.05, 0.1) is 7.11 Å². The molecule has 2 rings (SSSR count). The summed E-state index contributed by atoms with van der Waals surface area (Å²) in [5.74, 6) is 0.374. The lowest BCUT2D eigenvalue weighted by Crippen LogP contribution is -2.30. The summed E-state index contributed by atoms with van der Waals surface area (Å²) in [6, 6.07) is 12.6. The van der Waals surface area contributed by atoms with Gasteiger partial charge in [-0.15, -0.1) is 0 Å². The Morgan fingerprint density at radius 1 is 1.17 bits per heavy atom. The zero-order valence-corrected chi connectivity index (χ0v) is 14.7. The second-order valence-electron chi connectivity index (χ2n) is 5.80. The van der Waals surface area contributed by atoms with E-state index < -0.39 is 12.1 Å². The van der Waals surface area contributed by atoms with Crippen molar-refractivity contribution < 1.29 is 19.4 Å². The van der Waals surface area contributed by atoms with Gasteiger partial charge < -0.3 is 14.6 Å². The highest BCUT2D eigenvalue weighted by molar-refractivity contribution is 6.30. The van der Waals surface area contributed by atoms with Gasteiger partial charge in [0, 0.05) is 11.4 Å². The minimum absolute atomic E-state index is 0.158. The molecule has 0 aliphatic carbocycles. The molecule has 0 saturated heterocycles. The van der Waals surface area contributed by atoms with Crippen LogP contribution in [-0.2, 0) is 11.2 Å². The highest BCUT2D eigenvalue weighted by Gasteiger charge is 2.23. The minimum Gasteiger partial charge on any atom is -0.496 e. The van der Waals surface area contributed by atoms with Crippen LogP contribution < -0.4 is 9.47 Å². The third kappa shape index (κ3) is 4.42. The Morgan fingerprint density at radius 3 is 2.50 bits per heavy atom. The number of methoxy groups -OCH3 is 1. The number of hydrogen-bond acceptors (Lipinski definition) is 3. The summed E-state index contributed by atoms with van der Waals surface area (Å²) in [5, 5.41) is 10.1. The molecule has 1 atom stereocenters. The van der Waals surface area contributed by atoms with E-state index in [1.54, 1.807) is 24.3 Å². The van der Waals surface area contributed by atoms with Crippen LogP contribution in [0.4, 0.5) is 0 Å². The summed E-state index contributed by atoms with van der Waals surface area (Å²) in [5.41, 5.74) is 1.67. The Hall–Kier alpha value is -2.20. The Kier molecular flexibility index (Phi) is 6.10. The maximum absolute atomic E-state index is 11.7. The summed E-state index contributed by atoms with van der Waals surface area (Å²) < 4.78 is 11.1. The number of hydrogen-bond donors (Lipinski definition) is 1. The maximum Gasteiger partial charge on any atom is 0.345 e. The Morgan fingerprint density at radius 2 is 1.88 bits per heavy atom. The van der Waals surface area contributed by atoms with Crippen LogP contribution in [0.3, 0.4) is 0 Å². The first kappa shape index (κ1) is 18.1. The van der Waals surface area contributed by atoms with Gasteiger partial charge in [0.25, 0.3) is 0 Å². The van der Waals surface area contributed by atoms with E-state index in [0.717, 1.165) is 5.56 Å². The molecule has 0 aliphatic heterocycles. The number of halogens is 1. The van der Waals surface area contributed by atoms with E-state index in [1.807, 2.05) is 32.0 Å². The molecule has 0 fully saturated rings. The first-order valence-electron chi connectivity index (χ1n) is 7.73. The number of aliphatic carboxylic acids is 1. The summed E-state index contributed by atoms with van der Waals surface area (Å²) in [6.07, 6.45) is -0.872. The maximum atomic E-state index is 11.7. The van der Waals surface area contributed by atoms with Crippen LogP contribution in [-0.4, -0.2) is 24.3 Å². The Labute approximate surface area is 147 Å². The second-order valence-corrected chi connectivity index (χ2v) is 6.23. The van der Waals surface area contributed by atoms with Gasteiger partial charge in [0.15, 0.2) is 6.10 Å². The monoisotopic (exact) mass is 348 g/mol. The van der Waals surface area contributed by atoms with Crippen molar-refractivity contribution in [3.8, 4) is 11.5 Å². The molecule has 1 N–H and O–H groups in total. The number of para-hydroxylation sites is 1. The lowest BCUT2D eigenvalue weighted by atomic mass is 10.0. The van der Waals surface area contributed by atoms with Crippen LogP contribution in [0.1, 0.15) is 30.9 Å². The zero-order chi connectivity index (χ0) is 17.7. The molecular formula is C19H21ClO4. The predicted octanol–water partition coefficient (Wildman–Crippen LogP) is 4.55. The Bertz CT molecular complexity index is 712. The summed E-state index contributed by atoms with van der Waals surface area (Å²) in [7, 11) is 1.54. The van der Waals surface area contributed by atoms with Crippen molar-refractivity contribution in [3.05, 3.63) is 58.6 Å². The molecule has 0 saturated carbocycles. The number of rotatable bonds is 7. The first-order chi connectivity index (χ1) is 11.4. The molecule has 0 radical (unpaired) electrons. The second kappa shape index (κ2) is 8.06. The largest absolute Gasteiger partial charge is 0.496 e. The number of carboxylic acid groups (broad SMARTS) is 1. The van der Waals surface area contributed by atoms with Gasteiger partial charge >= 0.3 is 5.97 Å². The normalized spacial score (nSPS) is 12.0. The molecule has 128 valence electrons. The van der Waals surface area contributed by atoms with Crippen molar-refractivity contribution >= 4 is 17.6 Å². The van der Waals surface area contributed by atoms with Crippen LogP contribution in [0.25, 0.3) is 0 Å². The smallest absolute Gasteiger partial charge is 0.345 e. The average molecular weight is 349 g/mol. The molecule has 0 spiro atoms. The van der Waals surface area contributed by atoms with Crippen LogP contribution in [0.5, 0.6) is 11.5 Å². The first-order valence-corrected chi connectivity index (χ1v) is 8.11. The molecular weight excluding hydrogens is 328 g/mol. The molecule has 5 heteroatoms. The fraction of sp³-hybridized carbons (Fsp3) is 0.316. The van der Waals surface area contributed by atoms with E-state index in [-0.39, 0.29) is 12.3 Å². The third-order valence-corrected chi connectivity index (χ3v) is 3.97. The number of carbonyl (C=O) groups is 1. The van der Waals surface area contributed by atoms with Crippen molar-refractivity contribution in [2.75, 3.05) is 7.11 Å². The fourth-order valence-electron chi connectivity index (χ4n) is 2.50. The van der Waals surface area contributed by atoms with Crippen LogP contribution in [0.15, 0.2) is 42.5 Å². The molecule has 1 unspecified atom stereocenters.